The quantitative estimate of drug-likeness (QED) is 0.753. The number of carbonyl (C=O) groups excluding carboxylic acids is 1. The molecule has 6 nitrogen and oxygen atoms in total. The Bertz CT molecular complexity index is 721. The van der Waals surface area contributed by atoms with Crippen LogP contribution in [0.3, 0.4) is 0 Å². The zero-order valence-electron chi connectivity index (χ0n) is 14.4. The van der Waals surface area contributed by atoms with Gasteiger partial charge in [0.05, 0.1) is 25.7 Å². The molecule has 25 heavy (non-hydrogen) atoms. The highest BCUT2D eigenvalue weighted by Gasteiger charge is 2.33. The van der Waals surface area contributed by atoms with Gasteiger partial charge in [-0.2, -0.15) is 0 Å². The van der Waals surface area contributed by atoms with Crippen molar-refractivity contribution in [3.05, 3.63) is 54.1 Å². The number of amides is 1. The highest BCUT2D eigenvalue weighted by molar-refractivity contribution is 5.93. The number of hydrogen-bond acceptors (Lipinski definition) is 5. The van der Waals surface area contributed by atoms with Crippen molar-refractivity contribution >= 4 is 11.6 Å². The van der Waals surface area contributed by atoms with Crippen LogP contribution in [0, 0.1) is 5.92 Å². The Morgan fingerprint density at radius 3 is 2.72 bits per heavy atom. The Kier molecular flexibility index (Phi) is 5.53. The van der Waals surface area contributed by atoms with Crippen LogP contribution in [0.5, 0.6) is 11.5 Å². The van der Waals surface area contributed by atoms with Gasteiger partial charge in [0.25, 0.3) is 0 Å². The number of benzene rings is 2. The SMILES string of the molecule is CCOc1ccc(NC(=O)C2CNNC2c2ccccc2)cc1OC. The van der Waals surface area contributed by atoms with Crippen molar-refractivity contribution in [1.29, 1.82) is 0 Å². The molecule has 1 heterocycles. The molecule has 2 aromatic rings. The van der Waals surface area contributed by atoms with Crippen molar-refractivity contribution in [1.82, 2.24) is 10.9 Å². The smallest absolute Gasteiger partial charge is 0.230 e. The van der Waals surface area contributed by atoms with Crippen LogP contribution in [0.15, 0.2) is 48.5 Å². The topological polar surface area (TPSA) is 71.6 Å². The normalized spacial score (nSPS) is 19.4. The van der Waals surface area contributed by atoms with Crippen molar-refractivity contribution in [2.24, 2.45) is 5.92 Å². The fourth-order valence-electron chi connectivity index (χ4n) is 2.97. The highest BCUT2D eigenvalue weighted by atomic mass is 16.5. The molecule has 0 radical (unpaired) electrons. The summed E-state index contributed by atoms with van der Waals surface area (Å²) in [5.74, 6) is 1.01. The summed E-state index contributed by atoms with van der Waals surface area (Å²) in [7, 11) is 1.58. The molecule has 2 atom stereocenters. The largest absolute Gasteiger partial charge is 0.493 e. The average molecular weight is 341 g/mol. The van der Waals surface area contributed by atoms with E-state index < -0.39 is 0 Å². The second-order valence-electron chi connectivity index (χ2n) is 5.81. The van der Waals surface area contributed by atoms with Gasteiger partial charge < -0.3 is 14.8 Å². The molecule has 0 aliphatic carbocycles. The van der Waals surface area contributed by atoms with Crippen LogP contribution in [0.4, 0.5) is 5.69 Å². The zero-order chi connectivity index (χ0) is 17.6. The molecule has 2 aromatic carbocycles. The van der Waals surface area contributed by atoms with Gasteiger partial charge in [0.1, 0.15) is 0 Å². The predicted molar refractivity (Wildman–Crippen MR) is 96.6 cm³/mol. The monoisotopic (exact) mass is 341 g/mol. The maximum atomic E-state index is 12.7. The molecule has 0 spiro atoms. The summed E-state index contributed by atoms with van der Waals surface area (Å²) < 4.78 is 10.8. The standard InChI is InChI=1S/C19H23N3O3/c1-3-25-16-10-9-14(11-17(16)24-2)21-19(23)15-12-20-22-18(15)13-7-5-4-6-8-13/h4-11,15,18,20,22H,3,12H2,1-2H3,(H,21,23). The maximum Gasteiger partial charge on any atom is 0.230 e. The molecule has 2 unspecified atom stereocenters. The van der Waals surface area contributed by atoms with E-state index in [9.17, 15) is 4.79 Å². The number of hydrazine groups is 1. The lowest BCUT2D eigenvalue weighted by atomic mass is 9.94. The minimum atomic E-state index is -0.208. The molecule has 1 fully saturated rings. The lowest BCUT2D eigenvalue weighted by molar-refractivity contribution is -0.119. The minimum absolute atomic E-state index is 0.0439. The molecule has 1 amide bonds. The molecule has 0 saturated carbocycles. The third kappa shape index (κ3) is 3.92. The maximum absolute atomic E-state index is 12.7. The number of hydrogen-bond donors (Lipinski definition) is 3. The van der Waals surface area contributed by atoms with Crippen LogP contribution in [0.1, 0.15) is 18.5 Å². The number of methoxy groups -OCH3 is 1. The molecule has 0 aromatic heterocycles. The van der Waals surface area contributed by atoms with Gasteiger partial charge in [-0.05, 0) is 24.6 Å². The van der Waals surface area contributed by atoms with Gasteiger partial charge in [0.2, 0.25) is 5.91 Å². The summed E-state index contributed by atoms with van der Waals surface area (Å²) in [6, 6.07) is 15.3. The lowest BCUT2D eigenvalue weighted by Gasteiger charge is -2.19. The van der Waals surface area contributed by atoms with Crippen LogP contribution in [-0.2, 0) is 4.79 Å². The van der Waals surface area contributed by atoms with E-state index in [1.807, 2.05) is 43.3 Å². The summed E-state index contributed by atoms with van der Waals surface area (Å²) in [5, 5.41) is 2.97. The average Bonchev–Trinajstić information content (AvgIpc) is 3.14. The summed E-state index contributed by atoms with van der Waals surface area (Å²) in [5.41, 5.74) is 8.03. The van der Waals surface area contributed by atoms with Crippen molar-refractivity contribution in [3.8, 4) is 11.5 Å². The van der Waals surface area contributed by atoms with Gasteiger partial charge in [-0.1, -0.05) is 30.3 Å². The fraction of sp³-hybridized carbons (Fsp3) is 0.316. The van der Waals surface area contributed by atoms with E-state index in [4.69, 9.17) is 9.47 Å². The van der Waals surface area contributed by atoms with Crippen molar-refractivity contribution < 1.29 is 14.3 Å². The first-order valence-corrected chi connectivity index (χ1v) is 8.38. The first-order chi connectivity index (χ1) is 12.2. The van der Waals surface area contributed by atoms with Gasteiger partial charge >= 0.3 is 0 Å². The molecule has 3 rings (SSSR count). The molecule has 1 aliphatic heterocycles. The van der Waals surface area contributed by atoms with Gasteiger partial charge in [0.15, 0.2) is 11.5 Å². The zero-order valence-corrected chi connectivity index (χ0v) is 14.4. The summed E-state index contributed by atoms with van der Waals surface area (Å²) in [4.78, 5) is 12.7. The molecule has 1 aliphatic rings. The predicted octanol–water partition coefficient (Wildman–Crippen LogP) is 2.50. The first kappa shape index (κ1) is 17.3. The van der Waals surface area contributed by atoms with E-state index >= 15 is 0 Å². The van der Waals surface area contributed by atoms with Crippen molar-refractivity contribution in [3.63, 3.8) is 0 Å². The van der Waals surface area contributed by atoms with Crippen LogP contribution in [-0.4, -0.2) is 26.2 Å². The van der Waals surface area contributed by atoms with Gasteiger partial charge in [0, 0.05) is 18.3 Å². The Hall–Kier alpha value is -2.57. The van der Waals surface area contributed by atoms with Crippen molar-refractivity contribution in [2.45, 2.75) is 13.0 Å². The van der Waals surface area contributed by atoms with Crippen molar-refractivity contribution in [2.75, 3.05) is 25.6 Å². The van der Waals surface area contributed by atoms with Gasteiger partial charge in [-0.3, -0.25) is 10.2 Å². The summed E-state index contributed by atoms with van der Waals surface area (Å²) >= 11 is 0. The fourth-order valence-corrected chi connectivity index (χ4v) is 2.97. The summed E-state index contributed by atoms with van der Waals surface area (Å²) in [6.45, 7) is 3.04. The number of rotatable bonds is 6. The molecular formula is C19H23N3O3. The number of ether oxygens (including phenoxy) is 2. The van der Waals surface area contributed by atoms with E-state index in [1.54, 1.807) is 19.2 Å². The summed E-state index contributed by atoms with van der Waals surface area (Å²) in [6.07, 6.45) is 0. The second-order valence-corrected chi connectivity index (χ2v) is 5.81. The Balaban J connectivity index is 1.73. The molecule has 6 heteroatoms. The van der Waals surface area contributed by atoms with E-state index in [1.165, 1.54) is 0 Å². The van der Waals surface area contributed by atoms with E-state index in [0.29, 0.717) is 30.3 Å². The number of anilines is 1. The molecular weight excluding hydrogens is 318 g/mol. The van der Waals surface area contributed by atoms with Gasteiger partial charge in [-0.15, -0.1) is 0 Å². The Labute approximate surface area is 147 Å². The minimum Gasteiger partial charge on any atom is -0.493 e. The molecule has 3 N–H and O–H groups in total. The first-order valence-electron chi connectivity index (χ1n) is 8.38. The molecule has 0 bridgehead atoms. The molecule has 132 valence electrons. The van der Waals surface area contributed by atoms with Crippen LogP contribution in [0.2, 0.25) is 0 Å². The third-order valence-electron chi connectivity index (χ3n) is 4.21. The van der Waals surface area contributed by atoms with E-state index in [0.717, 1.165) is 5.56 Å². The Morgan fingerprint density at radius 2 is 2.00 bits per heavy atom. The van der Waals surface area contributed by atoms with Crippen LogP contribution >= 0.6 is 0 Å². The second kappa shape index (κ2) is 8.00. The third-order valence-corrected chi connectivity index (χ3v) is 4.21. The lowest BCUT2D eigenvalue weighted by Crippen LogP contribution is -2.29. The van der Waals surface area contributed by atoms with E-state index in [2.05, 4.69) is 16.2 Å². The molecule has 1 saturated heterocycles. The van der Waals surface area contributed by atoms with E-state index in [-0.39, 0.29) is 17.9 Å². The highest BCUT2D eigenvalue weighted by Crippen LogP contribution is 2.31. The Morgan fingerprint density at radius 1 is 1.20 bits per heavy atom. The number of carbonyl (C=O) groups is 1. The van der Waals surface area contributed by atoms with Gasteiger partial charge in [-0.25, -0.2) is 5.43 Å². The van der Waals surface area contributed by atoms with Crippen LogP contribution in [0.25, 0.3) is 0 Å². The number of nitrogens with one attached hydrogen (secondary N) is 3. The van der Waals surface area contributed by atoms with Crippen LogP contribution < -0.4 is 25.6 Å².